The Morgan fingerprint density at radius 2 is 2.25 bits per heavy atom. The minimum absolute atomic E-state index is 0.0160. The summed E-state index contributed by atoms with van der Waals surface area (Å²) in [5.74, 6) is -3.12. The topological polar surface area (TPSA) is 83.2 Å². The number of benzene rings is 1. The van der Waals surface area contributed by atoms with Crippen molar-refractivity contribution in [2.75, 3.05) is 5.75 Å². The molecule has 16 heavy (non-hydrogen) atoms. The van der Waals surface area contributed by atoms with Crippen LogP contribution < -0.4 is 5.73 Å². The number of rotatable bonds is 4. The van der Waals surface area contributed by atoms with Gasteiger partial charge in [-0.1, -0.05) is 23.2 Å². The second kappa shape index (κ2) is 5.18. The van der Waals surface area contributed by atoms with Gasteiger partial charge in [0.2, 0.25) is 5.91 Å². The van der Waals surface area contributed by atoms with Crippen molar-refractivity contribution in [3.05, 3.63) is 35.1 Å². The van der Waals surface area contributed by atoms with Crippen LogP contribution in [0.3, 0.4) is 0 Å². The monoisotopic (exact) mass is 244 g/mol. The van der Waals surface area contributed by atoms with Crippen LogP contribution in [0.25, 0.3) is 0 Å². The van der Waals surface area contributed by atoms with Crippen molar-refractivity contribution in [2.24, 2.45) is 5.73 Å². The molecule has 6 heteroatoms. The Morgan fingerprint density at radius 3 is 2.69 bits per heavy atom. The first kappa shape index (κ1) is 12.8. The van der Waals surface area contributed by atoms with E-state index in [1.165, 1.54) is 12.1 Å². The summed E-state index contributed by atoms with van der Waals surface area (Å²) in [5.41, 5.74) is 5.75. The first-order valence-corrected chi connectivity index (χ1v) is 5.77. The maximum atomic E-state index is 13.5. The molecule has 0 saturated heterocycles. The van der Waals surface area contributed by atoms with Crippen LogP contribution >= 0.6 is 0 Å². The van der Waals surface area contributed by atoms with Crippen molar-refractivity contribution in [3.8, 4) is 0 Å². The predicted molar refractivity (Wildman–Crippen MR) is 56.9 cm³/mol. The second-order valence-corrected chi connectivity index (χ2v) is 4.39. The van der Waals surface area contributed by atoms with E-state index in [4.69, 9.17) is 5.73 Å². The molecule has 1 aromatic carbocycles. The quantitative estimate of drug-likeness (QED) is 0.786. The molecule has 0 spiro atoms. The van der Waals surface area contributed by atoms with E-state index in [1.807, 2.05) is 0 Å². The average Bonchev–Trinajstić information content (AvgIpc) is 2.14. The molecule has 0 saturated carbocycles. The first-order valence-electron chi connectivity index (χ1n) is 4.53. The van der Waals surface area contributed by atoms with Crippen molar-refractivity contribution in [1.29, 1.82) is 0 Å². The summed E-state index contributed by atoms with van der Waals surface area (Å²) in [6.07, 6.45) is 0. The van der Waals surface area contributed by atoms with Crippen LogP contribution in [-0.4, -0.2) is 20.4 Å². The van der Waals surface area contributed by atoms with Crippen molar-refractivity contribution in [1.82, 2.24) is 0 Å². The normalized spacial score (nSPS) is 14.4. The number of carbonyl (C=O) groups excluding carboxylic acids is 1. The van der Waals surface area contributed by atoms with Crippen molar-refractivity contribution in [2.45, 2.75) is 12.8 Å². The molecule has 88 valence electrons. The zero-order valence-corrected chi connectivity index (χ0v) is 9.42. The summed E-state index contributed by atoms with van der Waals surface area (Å²) in [5, 5.41) is 0. The fourth-order valence-corrected chi connectivity index (χ4v) is 1.99. The molecule has 0 aliphatic heterocycles. The lowest BCUT2D eigenvalue weighted by atomic mass is 9.98. The molecule has 0 aromatic heterocycles. The van der Waals surface area contributed by atoms with Gasteiger partial charge < -0.3 is 10.3 Å². The van der Waals surface area contributed by atoms with Gasteiger partial charge in [-0.05, 0) is 18.6 Å². The van der Waals surface area contributed by atoms with Gasteiger partial charge in [0, 0.05) is 11.3 Å². The third-order valence-electron chi connectivity index (χ3n) is 2.18. The number of amides is 1. The molecule has 0 fully saturated rings. The Kier molecular flexibility index (Phi) is 4.14. The van der Waals surface area contributed by atoms with E-state index in [9.17, 15) is 17.9 Å². The lowest BCUT2D eigenvalue weighted by Gasteiger charge is -2.16. The van der Waals surface area contributed by atoms with Gasteiger partial charge in [-0.3, -0.25) is 9.00 Å². The lowest BCUT2D eigenvalue weighted by molar-refractivity contribution is -0.119. The summed E-state index contributed by atoms with van der Waals surface area (Å²) >= 11 is -2.45. The summed E-state index contributed by atoms with van der Waals surface area (Å²) in [4.78, 5) is 11.1. The van der Waals surface area contributed by atoms with Crippen LogP contribution in [0, 0.1) is 12.7 Å². The molecule has 1 amide bonds. The SMILES string of the molecule is Cc1ccc(C(CS(=O)[O-])C(N)=O)c(F)c1. The number of carbonyl (C=O) groups is 1. The Morgan fingerprint density at radius 1 is 1.62 bits per heavy atom. The molecule has 0 aliphatic rings. The Hall–Kier alpha value is -1.27. The number of primary amides is 1. The Bertz CT molecular complexity index is 436. The highest BCUT2D eigenvalue weighted by molar-refractivity contribution is 7.79. The van der Waals surface area contributed by atoms with Gasteiger partial charge >= 0.3 is 0 Å². The number of hydrogen-bond acceptors (Lipinski definition) is 3. The second-order valence-electron chi connectivity index (χ2n) is 3.45. The van der Waals surface area contributed by atoms with Crippen LogP contribution in [0.2, 0.25) is 0 Å². The summed E-state index contributed by atoms with van der Waals surface area (Å²) in [7, 11) is 0. The molecule has 1 rings (SSSR count). The standard InChI is InChI=1S/C10H12FNO3S/c1-6-2-3-7(9(11)4-6)8(10(12)13)5-16(14)15/h2-4,8H,5H2,1H3,(H2,12,13)(H,14,15)/p-1. The average molecular weight is 244 g/mol. The van der Waals surface area contributed by atoms with Crippen molar-refractivity contribution in [3.63, 3.8) is 0 Å². The third kappa shape index (κ3) is 3.11. The lowest BCUT2D eigenvalue weighted by Crippen LogP contribution is -2.26. The minimum atomic E-state index is -2.45. The maximum absolute atomic E-state index is 13.5. The largest absolute Gasteiger partial charge is 0.772 e. The highest BCUT2D eigenvalue weighted by Gasteiger charge is 2.21. The fraction of sp³-hybridized carbons (Fsp3) is 0.300. The van der Waals surface area contributed by atoms with Crippen LogP contribution in [0.4, 0.5) is 4.39 Å². The van der Waals surface area contributed by atoms with Crippen molar-refractivity contribution >= 4 is 17.0 Å². The molecule has 0 aliphatic carbocycles. The molecule has 2 atom stereocenters. The number of aryl methyl sites for hydroxylation is 1. The Labute approximate surface area is 94.9 Å². The zero-order chi connectivity index (χ0) is 12.3. The molecule has 0 bridgehead atoms. The fourth-order valence-electron chi connectivity index (χ4n) is 1.38. The van der Waals surface area contributed by atoms with E-state index < -0.39 is 34.5 Å². The number of halogens is 1. The van der Waals surface area contributed by atoms with Gasteiger partial charge in [0.05, 0.1) is 5.92 Å². The van der Waals surface area contributed by atoms with E-state index in [0.29, 0.717) is 5.56 Å². The van der Waals surface area contributed by atoms with E-state index in [0.717, 1.165) is 0 Å². The summed E-state index contributed by atoms with van der Waals surface area (Å²) in [6, 6.07) is 4.22. The Balaban J connectivity index is 3.10. The van der Waals surface area contributed by atoms with E-state index >= 15 is 0 Å². The first-order chi connectivity index (χ1) is 7.41. The molecular weight excluding hydrogens is 233 g/mol. The van der Waals surface area contributed by atoms with Crippen molar-refractivity contribution < 1.29 is 17.9 Å². The maximum Gasteiger partial charge on any atom is 0.225 e. The van der Waals surface area contributed by atoms with Crippen LogP contribution in [0.1, 0.15) is 17.0 Å². The van der Waals surface area contributed by atoms with Crippen LogP contribution in [0.15, 0.2) is 18.2 Å². The van der Waals surface area contributed by atoms with E-state index in [-0.39, 0.29) is 5.56 Å². The van der Waals surface area contributed by atoms with E-state index in [2.05, 4.69) is 0 Å². The molecule has 0 radical (unpaired) electrons. The summed E-state index contributed by atoms with van der Waals surface area (Å²) < 4.78 is 34.6. The molecule has 1 aromatic rings. The molecule has 4 nitrogen and oxygen atoms in total. The van der Waals surface area contributed by atoms with Crippen LogP contribution in [-0.2, 0) is 15.9 Å². The van der Waals surface area contributed by atoms with Gasteiger partial charge in [-0.15, -0.1) is 0 Å². The molecule has 0 heterocycles. The van der Waals surface area contributed by atoms with Gasteiger partial charge in [-0.2, -0.15) is 0 Å². The van der Waals surface area contributed by atoms with Crippen LogP contribution in [0.5, 0.6) is 0 Å². The highest BCUT2D eigenvalue weighted by atomic mass is 32.2. The number of nitrogens with two attached hydrogens (primary N) is 1. The summed E-state index contributed by atoms with van der Waals surface area (Å²) in [6.45, 7) is 1.69. The zero-order valence-electron chi connectivity index (χ0n) is 8.60. The number of hydrogen-bond donors (Lipinski definition) is 1. The van der Waals surface area contributed by atoms with Gasteiger partial charge in [0.1, 0.15) is 5.82 Å². The molecular formula is C10H11FNO3S-. The predicted octanol–water partition coefficient (Wildman–Crippen LogP) is 0.582. The van der Waals surface area contributed by atoms with E-state index in [1.54, 1.807) is 13.0 Å². The highest BCUT2D eigenvalue weighted by Crippen LogP contribution is 2.21. The smallest absolute Gasteiger partial charge is 0.225 e. The van der Waals surface area contributed by atoms with Gasteiger partial charge in [0.15, 0.2) is 0 Å². The minimum Gasteiger partial charge on any atom is -0.772 e. The van der Waals surface area contributed by atoms with Gasteiger partial charge in [-0.25, -0.2) is 4.39 Å². The molecule has 2 unspecified atom stereocenters. The third-order valence-corrected chi connectivity index (χ3v) is 2.78. The molecule has 2 N–H and O–H groups in total. The van der Waals surface area contributed by atoms with Gasteiger partial charge in [0.25, 0.3) is 0 Å².